The summed E-state index contributed by atoms with van der Waals surface area (Å²) in [6.45, 7) is 1.50. The summed E-state index contributed by atoms with van der Waals surface area (Å²) in [5, 5.41) is 3.25. The van der Waals surface area contributed by atoms with Crippen molar-refractivity contribution in [2.24, 2.45) is 5.92 Å². The average Bonchev–Trinajstić information content (AvgIpc) is 2.67. The maximum Gasteiger partial charge on any atom is 0.252 e. The molecule has 1 amide bonds. The van der Waals surface area contributed by atoms with Crippen molar-refractivity contribution < 1.29 is 9.53 Å². The molecular weight excluding hydrogens is 320 g/mol. The van der Waals surface area contributed by atoms with Crippen LogP contribution in [0.3, 0.4) is 0 Å². The molecule has 2 heterocycles. The zero-order chi connectivity index (χ0) is 16.8. The largest absolute Gasteiger partial charge is 0.381 e. The Morgan fingerprint density at radius 3 is 2.75 bits per heavy atom. The predicted octanol–water partition coefficient (Wildman–Crippen LogP) is 3.70. The van der Waals surface area contributed by atoms with Gasteiger partial charge in [0.1, 0.15) is 0 Å². The number of aromatic nitrogens is 1. The van der Waals surface area contributed by atoms with E-state index in [1.165, 1.54) is 0 Å². The van der Waals surface area contributed by atoms with Crippen LogP contribution in [0, 0.1) is 5.92 Å². The van der Waals surface area contributed by atoms with Crippen LogP contribution in [0.15, 0.2) is 53.7 Å². The Bertz CT molecular complexity index is 672. The Morgan fingerprint density at radius 2 is 2.04 bits per heavy atom. The van der Waals surface area contributed by atoms with Crippen molar-refractivity contribution in [3.05, 3.63) is 59.9 Å². The summed E-state index contributed by atoms with van der Waals surface area (Å²) >= 11 is 1.59. The van der Waals surface area contributed by atoms with Gasteiger partial charge in [0.25, 0.3) is 5.91 Å². The Hall–Kier alpha value is -1.85. The van der Waals surface area contributed by atoms with Gasteiger partial charge in [-0.2, -0.15) is 0 Å². The van der Waals surface area contributed by atoms with E-state index in [-0.39, 0.29) is 11.9 Å². The minimum absolute atomic E-state index is 0.0275. The van der Waals surface area contributed by atoms with E-state index in [2.05, 4.69) is 10.3 Å². The fraction of sp³-hybridized carbons (Fsp3) is 0.368. The molecule has 0 spiro atoms. The number of pyridine rings is 1. The van der Waals surface area contributed by atoms with Crippen molar-refractivity contribution in [2.75, 3.05) is 19.5 Å². The monoisotopic (exact) mass is 342 g/mol. The number of ether oxygens (including phenoxy) is 1. The molecule has 1 N–H and O–H groups in total. The number of rotatable bonds is 5. The van der Waals surface area contributed by atoms with Gasteiger partial charge in [0.05, 0.1) is 11.6 Å². The van der Waals surface area contributed by atoms with Gasteiger partial charge < -0.3 is 10.1 Å². The van der Waals surface area contributed by atoms with Crippen LogP contribution in [-0.4, -0.2) is 30.4 Å². The third kappa shape index (κ3) is 3.97. The summed E-state index contributed by atoms with van der Waals surface area (Å²) < 4.78 is 5.48. The molecule has 0 radical (unpaired) electrons. The van der Waals surface area contributed by atoms with Crippen molar-refractivity contribution in [1.29, 1.82) is 0 Å². The van der Waals surface area contributed by atoms with Gasteiger partial charge in [-0.1, -0.05) is 18.2 Å². The lowest BCUT2D eigenvalue weighted by atomic mass is 9.87. The third-order valence-electron chi connectivity index (χ3n) is 4.42. The number of thioether (sulfide) groups is 1. The number of carbonyl (C=O) groups is 1. The van der Waals surface area contributed by atoms with Gasteiger partial charge in [0, 0.05) is 30.5 Å². The van der Waals surface area contributed by atoms with E-state index in [4.69, 9.17) is 4.74 Å². The van der Waals surface area contributed by atoms with Crippen molar-refractivity contribution >= 4 is 17.7 Å². The maximum absolute atomic E-state index is 12.9. The molecule has 2 aromatic rings. The number of carbonyl (C=O) groups excluding carboxylic acids is 1. The molecule has 24 heavy (non-hydrogen) atoms. The van der Waals surface area contributed by atoms with E-state index in [1.54, 1.807) is 18.0 Å². The summed E-state index contributed by atoms with van der Waals surface area (Å²) in [5.74, 6) is 0.341. The second kappa shape index (κ2) is 8.31. The van der Waals surface area contributed by atoms with Gasteiger partial charge >= 0.3 is 0 Å². The highest BCUT2D eigenvalue weighted by atomic mass is 32.2. The maximum atomic E-state index is 12.9. The summed E-state index contributed by atoms with van der Waals surface area (Å²) in [5.41, 5.74) is 1.78. The molecule has 126 valence electrons. The van der Waals surface area contributed by atoms with Gasteiger partial charge in [-0.25, -0.2) is 0 Å². The SMILES string of the molecule is CSc1ccccc1C(=O)NC(c1cccnc1)C1CCOCC1. The van der Waals surface area contributed by atoms with E-state index in [9.17, 15) is 4.79 Å². The fourth-order valence-electron chi connectivity index (χ4n) is 3.13. The fourth-order valence-corrected chi connectivity index (χ4v) is 3.73. The van der Waals surface area contributed by atoms with Crippen molar-refractivity contribution in [3.8, 4) is 0 Å². The smallest absolute Gasteiger partial charge is 0.252 e. The lowest BCUT2D eigenvalue weighted by Crippen LogP contribution is -2.36. The van der Waals surface area contributed by atoms with E-state index in [0.29, 0.717) is 5.92 Å². The van der Waals surface area contributed by atoms with Gasteiger partial charge in [-0.15, -0.1) is 11.8 Å². The number of nitrogens with zero attached hydrogens (tertiary/aromatic N) is 1. The molecule has 1 aromatic heterocycles. The summed E-state index contributed by atoms with van der Waals surface area (Å²) in [6.07, 6.45) is 7.49. The number of nitrogens with one attached hydrogen (secondary N) is 1. The Kier molecular flexibility index (Phi) is 5.88. The first-order valence-corrected chi connectivity index (χ1v) is 9.43. The highest BCUT2D eigenvalue weighted by molar-refractivity contribution is 7.98. The summed E-state index contributed by atoms with van der Waals surface area (Å²) in [6, 6.07) is 11.6. The predicted molar refractivity (Wildman–Crippen MR) is 96.2 cm³/mol. The van der Waals surface area contributed by atoms with E-state index < -0.39 is 0 Å². The quantitative estimate of drug-likeness (QED) is 0.842. The molecule has 3 rings (SSSR count). The molecule has 4 nitrogen and oxygen atoms in total. The highest BCUT2D eigenvalue weighted by Gasteiger charge is 2.27. The molecule has 0 bridgehead atoms. The van der Waals surface area contributed by atoms with Crippen LogP contribution in [0.2, 0.25) is 0 Å². The van der Waals surface area contributed by atoms with Crippen molar-refractivity contribution in [2.45, 2.75) is 23.8 Å². The first-order chi connectivity index (χ1) is 11.8. The van der Waals surface area contributed by atoms with Gasteiger partial charge in [-0.3, -0.25) is 9.78 Å². The first-order valence-electron chi connectivity index (χ1n) is 8.21. The van der Waals surface area contributed by atoms with Gasteiger partial charge in [-0.05, 0) is 48.8 Å². The van der Waals surface area contributed by atoms with Crippen LogP contribution >= 0.6 is 11.8 Å². The van der Waals surface area contributed by atoms with E-state index in [0.717, 1.165) is 42.1 Å². The molecule has 1 atom stereocenters. The van der Waals surface area contributed by atoms with Crippen molar-refractivity contribution in [3.63, 3.8) is 0 Å². The van der Waals surface area contributed by atoms with Crippen LogP contribution in [-0.2, 0) is 4.74 Å². The zero-order valence-electron chi connectivity index (χ0n) is 13.8. The molecule has 1 aliphatic rings. The summed E-state index contributed by atoms with van der Waals surface area (Å²) in [7, 11) is 0. The highest BCUT2D eigenvalue weighted by Crippen LogP contribution is 2.30. The number of hydrogen-bond donors (Lipinski definition) is 1. The molecule has 1 saturated heterocycles. The molecule has 1 aromatic carbocycles. The average molecular weight is 342 g/mol. The Balaban J connectivity index is 1.84. The molecule has 1 unspecified atom stereocenters. The molecule has 1 fully saturated rings. The van der Waals surface area contributed by atoms with Crippen LogP contribution in [0.5, 0.6) is 0 Å². The second-order valence-corrected chi connectivity index (χ2v) is 6.74. The van der Waals surface area contributed by atoms with Gasteiger partial charge in [0.15, 0.2) is 0 Å². The number of benzene rings is 1. The Labute approximate surface area is 147 Å². The van der Waals surface area contributed by atoms with E-state index >= 15 is 0 Å². The van der Waals surface area contributed by atoms with E-state index in [1.807, 2.05) is 48.9 Å². The molecule has 0 saturated carbocycles. The molecule has 0 aliphatic carbocycles. The normalized spacial score (nSPS) is 16.5. The molecule has 5 heteroatoms. The van der Waals surface area contributed by atoms with Crippen LogP contribution in [0.4, 0.5) is 0 Å². The standard InChI is InChI=1S/C19H22N2O2S/c1-24-17-7-3-2-6-16(17)19(22)21-18(14-8-11-23-12-9-14)15-5-4-10-20-13-15/h2-7,10,13-14,18H,8-9,11-12H2,1H3,(H,21,22). The Morgan fingerprint density at radius 1 is 1.25 bits per heavy atom. The zero-order valence-corrected chi connectivity index (χ0v) is 14.6. The van der Waals surface area contributed by atoms with Crippen molar-refractivity contribution in [1.82, 2.24) is 10.3 Å². The number of hydrogen-bond acceptors (Lipinski definition) is 4. The third-order valence-corrected chi connectivity index (χ3v) is 5.21. The summed E-state index contributed by atoms with van der Waals surface area (Å²) in [4.78, 5) is 18.1. The first kappa shape index (κ1) is 17.0. The van der Waals surface area contributed by atoms with Crippen LogP contribution in [0.1, 0.15) is 34.8 Å². The molecule has 1 aliphatic heterocycles. The minimum atomic E-state index is -0.0370. The van der Waals surface area contributed by atoms with Crippen LogP contribution in [0.25, 0.3) is 0 Å². The second-order valence-electron chi connectivity index (χ2n) is 5.89. The van der Waals surface area contributed by atoms with Crippen LogP contribution < -0.4 is 5.32 Å². The number of amides is 1. The lowest BCUT2D eigenvalue weighted by molar-refractivity contribution is 0.0513. The van der Waals surface area contributed by atoms with Gasteiger partial charge in [0.2, 0.25) is 0 Å². The lowest BCUT2D eigenvalue weighted by Gasteiger charge is -2.31. The minimum Gasteiger partial charge on any atom is -0.381 e. The topological polar surface area (TPSA) is 51.2 Å². The molecular formula is C19H22N2O2S.